The summed E-state index contributed by atoms with van der Waals surface area (Å²) in [7, 11) is 0. The molecule has 8 heteroatoms. The van der Waals surface area contributed by atoms with Crippen LogP contribution >= 0.6 is 11.3 Å². The Labute approximate surface area is 169 Å². The number of carbonyl (C=O) groups is 1. The van der Waals surface area contributed by atoms with Gasteiger partial charge in [-0.25, -0.2) is 4.68 Å². The van der Waals surface area contributed by atoms with Crippen molar-refractivity contribution in [3.8, 4) is 10.6 Å². The van der Waals surface area contributed by atoms with Crippen LogP contribution in [0.25, 0.3) is 10.6 Å². The number of nitrogens with zero attached hydrogens (tertiary/aromatic N) is 3. The van der Waals surface area contributed by atoms with Crippen molar-refractivity contribution in [1.29, 1.82) is 0 Å². The van der Waals surface area contributed by atoms with E-state index in [-0.39, 0.29) is 24.1 Å². The fourth-order valence-corrected chi connectivity index (χ4v) is 4.10. The van der Waals surface area contributed by atoms with Gasteiger partial charge in [0.05, 0.1) is 17.6 Å². The third kappa shape index (κ3) is 5.73. The molecule has 3 rings (SSSR count). The van der Waals surface area contributed by atoms with Gasteiger partial charge in [0.25, 0.3) is 5.56 Å². The van der Waals surface area contributed by atoms with Crippen LogP contribution in [0.3, 0.4) is 0 Å². The molecule has 0 radical (unpaired) electrons. The molecule has 1 unspecified atom stereocenters. The van der Waals surface area contributed by atoms with Crippen LogP contribution in [0.2, 0.25) is 0 Å². The molecule has 1 atom stereocenters. The van der Waals surface area contributed by atoms with Crippen LogP contribution in [-0.4, -0.2) is 59.5 Å². The van der Waals surface area contributed by atoms with Crippen molar-refractivity contribution in [2.45, 2.75) is 33.4 Å². The first-order valence-corrected chi connectivity index (χ1v) is 10.5. The Kier molecular flexibility index (Phi) is 6.98. The molecule has 152 valence electrons. The van der Waals surface area contributed by atoms with Crippen LogP contribution in [-0.2, 0) is 16.1 Å². The van der Waals surface area contributed by atoms with Gasteiger partial charge in [0.15, 0.2) is 0 Å². The predicted octanol–water partition coefficient (Wildman–Crippen LogP) is 1.75. The number of carbonyl (C=O) groups excluding carboxylic acids is 1. The maximum absolute atomic E-state index is 12.3. The normalized spacial score (nSPS) is 17.8. The van der Waals surface area contributed by atoms with Crippen molar-refractivity contribution < 1.29 is 9.53 Å². The monoisotopic (exact) mass is 404 g/mol. The second kappa shape index (κ2) is 9.45. The van der Waals surface area contributed by atoms with E-state index in [0.717, 1.165) is 24.5 Å². The minimum Gasteiger partial charge on any atom is -0.374 e. The van der Waals surface area contributed by atoms with Gasteiger partial charge in [-0.05, 0) is 31.0 Å². The number of rotatable bonds is 7. The third-order valence-electron chi connectivity index (χ3n) is 4.53. The van der Waals surface area contributed by atoms with Crippen molar-refractivity contribution in [2.24, 2.45) is 5.92 Å². The van der Waals surface area contributed by atoms with Crippen LogP contribution in [0.1, 0.15) is 18.7 Å². The molecule has 1 aliphatic rings. The molecule has 3 heterocycles. The Balaban J connectivity index is 1.55. The highest BCUT2D eigenvalue weighted by molar-refractivity contribution is 7.15. The lowest BCUT2D eigenvalue weighted by Gasteiger charge is -2.33. The Bertz CT molecular complexity index is 861. The van der Waals surface area contributed by atoms with Gasteiger partial charge in [-0.3, -0.25) is 14.5 Å². The van der Waals surface area contributed by atoms with Crippen LogP contribution in [0.5, 0.6) is 0 Å². The zero-order valence-electron chi connectivity index (χ0n) is 16.7. The number of nitrogens with one attached hydrogen (secondary N) is 1. The summed E-state index contributed by atoms with van der Waals surface area (Å²) in [5.41, 5.74) is 0.412. The Morgan fingerprint density at radius 3 is 2.89 bits per heavy atom. The zero-order chi connectivity index (χ0) is 20.1. The van der Waals surface area contributed by atoms with E-state index in [1.165, 1.54) is 15.6 Å². The summed E-state index contributed by atoms with van der Waals surface area (Å²) in [6, 6.07) is 7.14. The Morgan fingerprint density at radius 2 is 2.18 bits per heavy atom. The summed E-state index contributed by atoms with van der Waals surface area (Å²) < 4.78 is 6.97. The molecule has 0 aromatic carbocycles. The van der Waals surface area contributed by atoms with E-state index >= 15 is 0 Å². The average Bonchev–Trinajstić information content (AvgIpc) is 3.08. The fraction of sp³-hybridized carbons (Fsp3) is 0.550. The standard InChI is InChI=1S/C20H28N4O3S/c1-14(2)11-23-8-9-27-16(12-23)10-21-19(25)13-24-20(26)7-5-17(22-24)18-6-4-15(3)28-18/h4-7,14,16H,8-13H2,1-3H3,(H,21,25). The largest absolute Gasteiger partial charge is 0.374 e. The molecule has 1 saturated heterocycles. The van der Waals surface area contributed by atoms with Crippen molar-refractivity contribution >= 4 is 17.2 Å². The summed E-state index contributed by atoms with van der Waals surface area (Å²) in [6.45, 7) is 10.2. The second-order valence-corrected chi connectivity index (χ2v) is 8.86. The molecule has 1 amide bonds. The number of morpholine rings is 1. The molecular formula is C20H28N4O3S. The van der Waals surface area contributed by atoms with Crippen molar-refractivity contribution in [1.82, 2.24) is 20.0 Å². The summed E-state index contributed by atoms with van der Waals surface area (Å²) >= 11 is 1.61. The molecule has 1 aliphatic heterocycles. The molecule has 2 aromatic rings. The van der Waals surface area contributed by atoms with E-state index in [0.29, 0.717) is 24.8 Å². The van der Waals surface area contributed by atoms with E-state index in [1.807, 2.05) is 19.1 Å². The van der Waals surface area contributed by atoms with Crippen LogP contribution in [0, 0.1) is 12.8 Å². The fourth-order valence-electron chi connectivity index (χ4n) is 3.27. The summed E-state index contributed by atoms with van der Waals surface area (Å²) in [5, 5.41) is 7.23. The summed E-state index contributed by atoms with van der Waals surface area (Å²) in [6.07, 6.45) is -0.0263. The van der Waals surface area contributed by atoms with Gasteiger partial charge in [0.2, 0.25) is 5.91 Å². The number of aromatic nitrogens is 2. The molecule has 28 heavy (non-hydrogen) atoms. The van der Waals surface area contributed by atoms with Crippen molar-refractivity contribution in [3.05, 3.63) is 39.5 Å². The van der Waals surface area contributed by atoms with E-state index in [9.17, 15) is 9.59 Å². The topological polar surface area (TPSA) is 76.5 Å². The quantitative estimate of drug-likeness (QED) is 0.761. The lowest BCUT2D eigenvalue weighted by Crippen LogP contribution is -2.49. The van der Waals surface area contributed by atoms with Gasteiger partial charge in [0.1, 0.15) is 12.2 Å². The number of aryl methyl sites for hydroxylation is 1. The van der Waals surface area contributed by atoms with Crippen LogP contribution in [0.15, 0.2) is 29.1 Å². The van der Waals surface area contributed by atoms with Crippen molar-refractivity contribution in [3.63, 3.8) is 0 Å². The summed E-state index contributed by atoms with van der Waals surface area (Å²) in [4.78, 5) is 28.9. The summed E-state index contributed by atoms with van der Waals surface area (Å²) in [5.74, 6) is 0.365. The maximum atomic E-state index is 12.3. The molecule has 1 fully saturated rings. The molecule has 2 aromatic heterocycles. The highest BCUT2D eigenvalue weighted by Gasteiger charge is 2.21. The van der Waals surface area contributed by atoms with Gasteiger partial charge in [0, 0.05) is 37.1 Å². The van der Waals surface area contributed by atoms with E-state index in [1.54, 1.807) is 17.4 Å². The molecule has 0 aliphatic carbocycles. The Morgan fingerprint density at radius 1 is 1.36 bits per heavy atom. The van der Waals surface area contributed by atoms with E-state index in [2.05, 4.69) is 29.2 Å². The first-order chi connectivity index (χ1) is 13.4. The molecule has 1 N–H and O–H groups in total. The van der Waals surface area contributed by atoms with Gasteiger partial charge >= 0.3 is 0 Å². The Hall–Kier alpha value is -2.03. The molecule has 7 nitrogen and oxygen atoms in total. The number of thiophene rings is 1. The number of amides is 1. The first-order valence-electron chi connectivity index (χ1n) is 9.66. The molecule has 0 bridgehead atoms. The highest BCUT2D eigenvalue weighted by Crippen LogP contribution is 2.24. The van der Waals surface area contributed by atoms with E-state index in [4.69, 9.17) is 4.74 Å². The number of hydrogen-bond donors (Lipinski definition) is 1. The zero-order valence-corrected chi connectivity index (χ0v) is 17.5. The maximum Gasteiger partial charge on any atom is 0.267 e. The SMILES string of the molecule is Cc1ccc(-c2ccc(=O)n(CC(=O)NCC3CN(CC(C)C)CCO3)n2)s1. The number of ether oxygens (including phenoxy) is 1. The molecule has 0 saturated carbocycles. The number of hydrogen-bond acceptors (Lipinski definition) is 6. The van der Waals surface area contributed by atoms with Gasteiger partial charge in [-0.15, -0.1) is 11.3 Å². The predicted molar refractivity (Wildman–Crippen MR) is 111 cm³/mol. The third-order valence-corrected chi connectivity index (χ3v) is 5.55. The lowest BCUT2D eigenvalue weighted by molar-refractivity contribution is -0.123. The first kappa shape index (κ1) is 20.7. The average molecular weight is 405 g/mol. The molecule has 0 spiro atoms. The van der Waals surface area contributed by atoms with E-state index < -0.39 is 0 Å². The minimum atomic E-state index is -0.288. The van der Waals surface area contributed by atoms with Crippen LogP contribution < -0.4 is 10.9 Å². The second-order valence-electron chi connectivity index (χ2n) is 7.58. The van der Waals surface area contributed by atoms with Crippen molar-refractivity contribution in [2.75, 3.05) is 32.8 Å². The smallest absolute Gasteiger partial charge is 0.267 e. The van der Waals surface area contributed by atoms with Gasteiger partial charge in [-0.2, -0.15) is 5.10 Å². The van der Waals surface area contributed by atoms with Gasteiger partial charge in [-0.1, -0.05) is 13.8 Å². The molecular weight excluding hydrogens is 376 g/mol. The van der Waals surface area contributed by atoms with Gasteiger partial charge < -0.3 is 10.1 Å². The van der Waals surface area contributed by atoms with Crippen LogP contribution in [0.4, 0.5) is 0 Å². The highest BCUT2D eigenvalue weighted by atomic mass is 32.1. The minimum absolute atomic E-state index is 0.0263. The lowest BCUT2D eigenvalue weighted by atomic mass is 10.2.